The van der Waals surface area contributed by atoms with E-state index >= 15 is 0 Å². The number of rotatable bonds is 7. The number of hydrogen-bond donors (Lipinski definition) is 1. The van der Waals surface area contributed by atoms with Gasteiger partial charge in [-0.3, -0.25) is 0 Å². The van der Waals surface area contributed by atoms with Crippen molar-refractivity contribution in [2.24, 2.45) is 0 Å². The summed E-state index contributed by atoms with van der Waals surface area (Å²) in [4.78, 5) is 11.7. The first-order chi connectivity index (χ1) is 9.11. The number of methoxy groups -OCH3 is 1. The average molecular weight is 265 g/mol. The van der Waals surface area contributed by atoms with E-state index in [1.54, 1.807) is 32.2 Å². The molecular weight excluding hydrogens is 246 g/mol. The van der Waals surface area contributed by atoms with Gasteiger partial charge in [0, 0.05) is 12.8 Å². The number of anilines is 1. The number of benzene rings is 1. The minimum Gasteiger partial charge on any atom is -0.490 e. The molecule has 0 aromatic heterocycles. The summed E-state index contributed by atoms with van der Waals surface area (Å²) in [5.41, 5.74) is 6.96. The minimum absolute atomic E-state index is 0.187. The van der Waals surface area contributed by atoms with Gasteiger partial charge >= 0.3 is 5.97 Å². The van der Waals surface area contributed by atoms with E-state index in [0.717, 1.165) is 0 Å². The Morgan fingerprint density at radius 1 is 1.37 bits per heavy atom. The second-order valence-corrected chi connectivity index (χ2v) is 3.76. The Morgan fingerprint density at radius 2 is 2.11 bits per heavy atom. The zero-order valence-electron chi connectivity index (χ0n) is 11.3. The van der Waals surface area contributed by atoms with Gasteiger partial charge in [0.2, 0.25) is 0 Å². The molecule has 2 N–H and O–H groups in total. The SMILES string of the molecule is C=C(C(=O)OCC)c1c(N)cccc1OCCOC. The summed E-state index contributed by atoms with van der Waals surface area (Å²) in [7, 11) is 1.58. The highest BCUT2D eigenvalue weighted by Crippen LogP contribution is 2.31. The van der Waals surface area contributed by atoms with E-state index in [4.69, 9.17) is 19.9 Å². The zero-order chi connectivity index (χ0) is 14.3. The lowest BCUT2D eigenvalue weighted by Crippen LogP contribution is -2.11. The lowest BCUT2D eigenvalue weighted by molar-refractivity contribution is -0.136. The van der Waals surface area contributed by atoms with Crippen LogP contribution in [0.2, 0.25) is 0 Å². The summed E-state index contributed by atoms with van der Waals surface area (Å²) in [6, 6.07) is 5.16. The third kappa shape index (κ3) is 3.99. The summed E-state index contributed by atoms with van der Waals surface area (Å²) < 4.78 is 15.4. The van der Waals surface area contributed by atoms with Crippen LogP contribution in [0.5, 0.6) is 5.75 Å². The van der Waals surface area contributed by atoms with Crippen LogP contribution in [0.3, 0.4) is 0 Å². The van der Waals surface area contributed by atoms with Gasteiger partial charge in [0.15, 0.2) is 0 Å². The number of nitrogen functional groups attached to an aromatic ring is 1. The first-order valence-corrected chi connectivity index (χ1v) is 5.98. The first kappa shape index (κ1) is 15.0. The maximum Gasteiger partial charge on any atom is 0.338 e. The molecule has 0 unspecified atom stereocenters. The van der Waals surface area contributed by atoms with Gasteiger partial charge in [-0.15, -0.1) is 0 Å². The first-order valence-electron chi connectivity index (χ1n) is 5.98. The van der Waals surface area contributed by atoms with Gasteiger partial charge in [0.25, 0.3) is 0 Å². The molecule has 0 spiro atoms. The Balaban J connectivity index is 2.97. The molecule has 0 aliphatic rings. The molecule has 5 nitrogen and oxygen atoms in total. The number of nitrogens with two attached hydrogens (primary N) is 1. The second kappa shape index (κ2) is 7.43. The topological polar surface area (TPSA) is 70.8 Å². The van der Waals surface area contributed by atoms with Gasteiger partial charge in [0.1, 0.15) is 12.4 Å². The Labute approximate surface area is 113 Å². The quantitative estimate of drug-likeness (QED) is 0.353. The number of hydrogen-bond acceptors (Lipinski definition) is 5. The molecule has 1 aromatic carbocycles. The van der Waals surface area contributed by atoms with Crippen LogP contribution in [0.15, 0.2) is 24.8 Å². The number of ether oxygens (including phenoxy) is 3. The largest absolute Gasteiger partial charge is 0.490 e. The van der Waals surface area contributed by atoms with E-state index in [2.05, 4.69) is 6.58 Å². The third-order valence-corrected chi connectivity index (χ3v) is 2.43. The van der Waals surface area contributed by atoms with E-state index in [9.17, 15) is 4.79 Å². The van der Waals surface area contributed by atoms with Crippen molar-refractivity contribution in [1.82, 2.24) is 0 Å². The summed E-state index contributed by atoms with van der Waals surface area (Å²) in [5.74, 6) is -0.00732. The van der Waals surface area contributed by atoms with E-state index in [1.807, 2.05) is 0 Å². The van der Waals surface area contributed by atoms with Crippen LogP contribution in [-0.4, -0.2) is 32.9 Å². The Bertz CT molecular complexity index is 457. The standard InChI is InChI=1S/C14H19NO4/c1-4-18-14(16)10(2)13-11(15)6-5-7-12(13)19-9-8-17-3/h5-7H,2,4,8-9,15H2,1,3H3. The van der Waals surface area contributed by atoms with E-state index in [0.29, 0.717) is 30.2 Å². The van der Waals surface area contributed by atoms with Gasteiger partial charge in [0.05, 0.1) is 24.4 Å². The summed E-state index contributed by atoms with van der Waals surface area (Å²) in [6.45, 7) is 6.55. The summed E-state index contributed by atoms with van der Waals surface area (Å²) in [6.07, 6.45) is 0. The van der Waals surface area contributed by atoms with Crippen molar-refractivity contribution < 1.29 is 19.0 Å². The molecule has 19 heavy (non-hydrogen) atoms. The average Bonchev–Trinajstić information content (AvgIpc) is 2.39. The monoisotopic (exact) mass is 265 g/mol. The fourth-order valence-electron chi connectivity index (χ4n) is 1.55. The van der Waals surface area contributed by atoms with E-state index < -0.39 is 5.97 Å². The smallest absolute Gasteiger partial charge is 0.338 e. The Morgan fingerprint density at radius 3 is 2.74 bits per heavy atom. The van der Waals surface area contributed by atoms with E-state index in [1.165, 1.54) is 0 Å². The van der Waals surface area contributed by atoms with Crippen LogP contribution in [0, 0.1) is 0 Å². The van der Waals surface area contributed by atoms with Crippen LogP contribution in [0.1, 0.15) is 12.5 Å². The highest BCUT2D eigenvalue weighted by molar-refractivity contribution is 6.18. The van der Waals surface area contributed by atoms with Crippen molar-refractivity contribution in [3.8, 4) is 5.75 Å². The molecule has 104 valence electrons. The number of esters is 1. The number of carbonyl (C=O) groups is 1. The van der Waals surface area contributed by atoms with E-state index in [-0.39, 0.29) is 12.2 Å². The zero-order valence-corrected chi connectivity index (χ0v) is 11.3. The maximum atomic E-state index is 11.7. The molecule has 0 heterocycles. The van der Waals surface area contributed by atoms with Gasteiger partial charge in [-0.05, 0) is 19.1 Å². The molecule has 1 rings (SSSR count). The Hall–Kier alpha value is -2.01. The van der Waals surface area contributed by atoms with Crippen molar-refractivity contribution in [3.63, 3.8) is 0 Å². The lowest BCUT2D eigenvalue weighted by Gasteiger charge is -2.14. The van der Waals surface area contributed by atoms with Crippen molar-refractivity contribution >= 4 is 17.2 Å². The van der Waals surface area contributed by atoms with Gasteiger partial charge in [-0.1, -0.05) is 12.6 Å². The molecule has 1 aromatic rings. The predicted molar refractivity (Wildman–Crippen MR) is 73.9 cm³/mol. The third-order valence-electron chi connectivity index (χ3n) is 2.43. The fraction of sp³-hybridized carbons (Fsp3) is 0.357. The molecule has 5 heteroatoms. The summed E-state index contributed by atoms with van der Waals surface area (Å²) >= 11 is 0. The normalized spacial score (nSPS) is 10.0. The van der Waals surface area contributed by atoms with Crippen LogP contribution >= 0.6 is 0 Å². The van der Waals surface area contributed by atoms with Crippen molar-refractivity contribution in [3.05, 3.63) is 30.3 Å². The minimum atomic E-state index is -0.503. The molecule has 0 bridgehead atoms. The fourth-order valence-corrected chi connectivity index (χ4v) is 1.55. The molecular formula is C14H19NO4. The van der Waals surface area contributed by atoms with Crippen molar-refractivity contribution in [2.75, 3.05) is 32.7 Å². The van der Waals surface area contributed by atoms with Crippen LogP contribution in [-0.2, 0) is 14.3 Å². The van der Waals surface area contributed by atoms with Crippen LogP contribution < -0.4 is 10.5 Å². The van der Waals surface area contributed by atoms with Gasteiger partial charge < -0.3 is 19.9 Å². The van der Waals surface area contributed by atoms with Crippen LogP contribution in [0.4, 0.5) is 5.69 Å². The molecule has 0 atom stereocenters. The van der Waals surface area contributed by atoms with Gasteiger partial charge in [-0.2, -0.15) is 0 Å². The van der Waals surface area contributed by atoms with Gasteiger partial charge in [-0.25, -0.2) is 4.79 Å². The highest BCUT2D eigenvalue weighted by atomic mass is 16.5. The summed E-state index contributed by atoms with van der Waals surface area (Å²) in [5, 5.41) is 0. The molecule has 0 saturated heterocycles. The molecule has 0 saturated carbocycles. The number of carbonyl (C=O) groups excluding carboxylic acids is 1. The van der Waals surface area contributed by atoms with Crippen LogP contribution in [0.25, 0.3) is 5.57 Å². The molecule has 0 amide bonds. The molecule has 0 aliphatic heterocycles. The molecule has 0 aliphatic carbocycles. The second-order valence-electron chi connectivity index (χ2n) is 3.76. The maximum absolute atomic E-state index is 11.7. The van der Waals surface area contributed by atoms with Crippen molar-refractivity contribution in [2.45, 2.75) is 6.92 Å². The lowest BCUT2D eigenvalue weighted by atomic mass is 10.0. The van der Waals surface area contributed by atoms with Crippen molar-refractivity contribution in [1.29, 1.82) is 0 Å². The Kier molecular flexibility index (Phi) is 5.89. The predicted octanol–water partition coefficient (Wildman–Crippen LogP) is 1.87. The highest BCUT2D eigenvalue weighted by Gasteiger charge is 2.18. The molecule has 0 fully saturated rings. The molecule has 0 radical (unpaired) electrons.